The predicted octanol–water partition coefficient (Wildman–Crippen LogP) is 1.43. The maximum Gasteiger partial charge on any atom is 0.339 e. The lowest BCUT2D eigenvalue weighted by molar-refractivity contribution is -0.143. The minimum atomic E-state index is -3.70. The van der Waals surface area contributed by atoms with E-state index in [-0.39, 0.29) is 16.4 Å². The first-order valence-electron chi connectivity index (χ1n) is 9.40. The van der Waals surface area contributed by atoms with E-state index in [9.17, 15) is 18.0 Å². The summed E-state index contributed by atoms with van der Waals surface area (Å²) in [5.41, 5.74) is 0.712. The fourth-order valence-corrected chi connectivity index (χ4v) is 4.49. The van der Waals surface area contributed by atoms with Crippen LogP contribution in [-0.2, 0) is 24.3 Å². The third-order valence-corrected chi connectivity index (χ3v) is 6.77. The number of carbonyl (C=O) groups is 2. The van der Waals surface area contributed by atoms with E-state index in [2.05, 4.69) is 0 Å². The van der Waals surface area contributed by atoms with E-state index in [0.29, 0.717) is 45.0 Å². The highest BCUT2D eigenvalue weighted by Crippen LogP contribution is 2.21. The molecular formula is C19H28N2O6S. The molecule has 0 N–H and O–H groups in total. The van der Waals surface area contributed by atoms with Gasteiger partial charge in [0.25, 0.3) is 5.91 Å². The van der Waals surface area contributed by atoms with Crippen LogP contribution in [0, 0.1) is 6.92 Å². The molecule has 0 aromatic heterocycles. The van der Waals surface area contributed by atoms with E-state index in [1.165, 1.54) is 23.4 Å². The van der Waals surface area contributed by atoms with Crippen LogP contribution in [0.25, 0.3) is 0 Å². The van der Waals surface area contributed by atoms with Crippen LogP contribution in [0.1, 0.15) is 36.7 Å². The van der Waals surface area contributed by atoms with Crippen molar-refractivity contribution in [2.75, 3.05) is 39.4 Å². The molecule has 0 bridgehead atoms. The first-order chi connectivity index (χ1) is 13.2. The summed E-state index contributed by atoms with van der Waals surface area (Å²) in [6.45, 7) is 9.20. The van der Waals surface area contributed by atoms with Crippen LogP contribution < -0.4 is 0 Å². The first-order valence-corrected chi connectivity index (χ1v) is 10.8. The lowest BCUT2D eigenvalue weighted by atomic mass is 10.1. The average molecular weight is 413 g/mol. The van der Waals surface area contributed by atoms with Gasteiger partial charge in [-0.25, -0.2) is 13.2 Å². The molecule has 0 saturated carbocycles. The van der Waals surface area contributed by atoms with Crippen molar-refractivity contribution >= 4 is 21.9 Å². The van der Waals surface area contributed by atoms with Crippen LogP contribution in [0.4, 0.5) is 0 Å². The van der Waals surface area contributed by atoms with E-state index in [0.717, 1.165) is 0 Å². The Bertz CT molecular complexity index is 814. The van der Waals surface area contributed by atoms with Crippen LogP contribution >= 0.6 is 0 Å². The van der Waals surface area contributed by atoms with Gasteiger partial charge in [0.05, 0.1) is 23.7 Å². The number of amides is 1. The molecule has 0 spiro atoms. The van der Waals surface area contributed by atoms with Crippen molar-refractivity contribution in [1.82, 2.24) is 9.21 Å². The molecule has 8 nitrogen and oxygen atoms in total. The number of aryl methyl sites for hydroxylation is 1. The average Bonchev–Trinajstić information content (AvgIpc) is 2.68. The SMILES string of the molecule is CCN(CC)S(=O)(=O)c1ccc(C)c(C(=O)OC(C)C(=O)N2CCOCC2)c1. The Hall–Kier alpha value is -1.97. The minimum Gasteiger partial charge on any atom is -0.449 e. The summed E-state index contributed by atoms with van der Waals surface area (Å²) in [5, 5.41) is 0. The van der Waals surface area contributed by atoms with E-state index in [1.54, 1.807) is 31.7 Å². The predicted molar refractivity (Wildman–Crippen MR) is 104 cm³/mol. The second-order valence-electron chi connectivity index (χ2n) is 6.55. The Kier molecular flexibility index (Phi) is 7.56. The van der Waals surface area contributed by atoms with E-state index in [1.807, 2.05) is 0 Å². The third kappa shape index (κ3) is 4.89. The summed E-state index contributed by atoms with van der Waals surface area (Å²) < 4.78 is 37.3. The lowest BCUT2D eigenvalue weighted by Gasteiger charge is -2.29. The molecular weight excluding hydrogens is 384 g/mol. The number of sulfonamides is 1. The number of hydrogen-bond donors (Lipinski definition) is 0. The highest BCUT2D eigenvalue weighted by molar-refractivity contribution is 7.89. The Morgan fingerprint density at radius 2 is 1.82 bits per heavy atom. The summed E-state index contributed by atoms with van der Waals surface area (Å²) >= 11 is 0. The molecule has 1 fully saturated rings. The molecule has 1 saturated heterocycles. The van der Waals surface area contributed by atoms with Gasteiger partial charge in [-0.05, 0) is 31.5 Å². The van der Waals surface area contributed by atoms with Crippen LogP contribution in [0.5, 0.6) is 0 Å². The molecule has 1 aliphatic rings. The van der Waals surface area contributed by atoms with Crippen LogP contribution in [-0.4, -0.2) is 75.0 Å². The summed E-state index contributed by atoms with van der Waals surface area (Å²) in [6.07, 6.45) is -0.965. The number of nitrogens with zero attached hydrogens (tertiary/aromatic N) is 2. The van der Waals surface area contributed by atoms with Crippen molar-refractivity contribution < 1.29 is 27.5 Å². The van der Waals surface area contributed by atoms with Gasteiger partial charge in [-0.15, -0.1) is 0 Å². The normalized spacial score (nSPS) is 16.1. The van der Waals surface area contributed by atoms with Crippen molar-refractivity contribution in [3.8, 4) is 0 Å². The van der Waals surface area contributed by atoms with Gasteiger partial charge in [-0.2, -0.15) is 4.31 Å². The van der Waals surface area contributed by atoms with Crippen molar-refractivity contribution in [1.29, 1.82) is 0 Å². The molecule has 1 aromatic rings. The van der Waals surface area contributed by atoms with Gasteiger partial charge in [-0.3, -0.25) is 4.79 Å². The molecule has 28 heavy (non-hydrogen) atoms. The molecule has 156 valence electrons. The second kappa shape index (κ2) is 9.49. The molecule has 0 radical (unpaired) electrons. The van der Waals surface area contributed by atoms with Crippen LogP contribution in [0.15, 0.2) is 23.1 Å². The molecule has 1 heterocycles. The van der Waals surface area contributed by atoms with Gasteiger partial charge < -0.3 is 14.4 Å². The lowest BCUT2D eigenvalue weighted by Crippen LogP contribution is -2.46. The Morgan fingerprint density at radius 1 is 1.21 bits per heavy atom. The van der Waals surface area contributed by atoms with Crippen LogP contribution in [0.2, 0.25) is 0 Å². The van der Waals surface area contributed by atoms with Gasteiger partial charge in [0, 0.05) is 26.2 Å². The fourth-order valence-electron chi connectivity index (χ4n) is 3.01. The summed E-state index contributed by atoms with van der Waals surface area (Å²) in [7, 11) is -3.70. The number of rotatable bonds is 7. The number of carbonyl (C=O) groups excluding carboxylic acids is 2. The van der Waals surface area contributed by atoms with E-state index in [4.69, 9.17) is 9.47 Å². The molecule has 9 heteroatoms. The van der Waals surface area contributed by atoms with Gasteiger partial charge in [-0.1, -0.05) is 19.9 Å². The molecule has 1 unspecified atom stereocenters. The zero-order valence-electron chi connectivity index (χ0n) is 16.8. The summed E-state index contributed by atoms with van der Waals surface area (Å²) in [5.74, 6) is -1.01. The number of benzene rings is 1. The monoisotopic (exact) mass is 412 g/mol. The Balaban J connectivity index is 2.20. The smallest absolute Gasteiger partial charge is 0.339 e. The molecule has 1 aromatic carbocycles. The maximum atomic E-state index is 12.7. The summed E-state index contributed by atoms with van der Waals surface area (Å²) in [4.78, 5) is 26.7. The van der Waals surface area contributed by atoms with Crippen molar-refractivity contribution in [3.05, 3.63) is 29.3 Å². The second-order valence-corrected chi connectivity index (χ2v) is 8.49. The zero-order valence-corrected chi connectivity index (χ0v) is 17.6. The largest absolute Gasteiger partial charge is 0.449 e. The van der Waals surface area contributed by atoms with Crippen molar-refractivity contribution in [2.24, 2.45) is 0 Å². The fraction of sp³-hybridized carbons (Fsp3) is 0.579. The molecule has 0 aliphatic carbocycles. The number of hydrogen-bond acceptors (Lipinski definition) is 6. The standard InChI is InChI=1S/C19H28N2O6S/c1-5-21(6-2)28(24,25)16-8-7-14(3)17(13-16)19(23)27-15(4)18(22)20-9-11-26-12-10-20/h7-8,13,15H,5-6,9-12H2,1-4H3. The number of morpholine rings is 1. The minimum absolute atomic E-state index is 0.0286. The zero-order chi connectivity index (χ0) is 20.9. The topological polar surface area (TPSA) is 93.2 Å². The van der Waals surface area contributed by atoms with Crippen LogP contribution in [0.3, 0.4) is 0 Å². The molecule has 1 atom stereocenters. The number of ether oxygens (including phenoxy) is 2. The highest BCUT2D eigenvalue weighted by Gasteiger charge is 2.28. The number of esters is 1. The van der Waals surface area contributed by atoms with Gasteiger partial charge in [0.15, 0.2) is 6.10 Å². The molecule has 1 amide bonds. The van der Waals surface area contributed by atoms with E-state index < -0.39 is 22.1 Å². The first kappa shape index (κ1) is 22.3. The van der Waals surface area contributed by atoms with Gasteiger partial charge >= 0.3 is 5.97 Å². The third-order valence-electron chi connectivity index (χ3n) is 4.73. The molecule has 2 rings (SSSR count). The quantitative estimate of drug-likeness (QED) is 0.629. The summed E-state index contributed by atoms with van der Waals surface area (Å²) in [6, 6.07) is 4.36. The van der Waals surface area contributed by atoms with Crippen molar-refractivity contribution in [2.45, 2.75) is 38.7 Å². The van der Waals surface area contributed by atoms with Crippen molar-refractivity contribution in [3.63, 3.8) is 0 Å². The Morgan fingerprint density at radius 3 is 2.39 bits per heavy atom. The van der Waals surface area contributed by atoms with Gasteiger partial charge in [0.1, 0.15) is 0 Å². The Labute approximate surface area is 166 Å². The van der Waals surface area contributed by atoms with Gasteiger partial charge in [0.2, 0.25) is 10.0 Å². The maximum absolute atomic E-state index is 12.7. The highest BCUT2D eigenvalue weighted by atomic mass is 32.2. The van der Waals surface area contributed by atoms with E-state index >= 15 is 0 Å². The molecule has 1 aliphatic heterocycles.